The second-order valence-corrected chi connectivity index (χ2v) is 17.0. The lowest BCUT2D eigenvalue weighted by Gasteiger charge is -2.36. The zero-order valence-corrected chi connectivity index (χ0v) is 15.5. The van der Waals surface area contributed by atoms with Crippen molar-refractivity contribution in [2.45, 2.75) is 77.3 Å². The summed E-state index contributed by atoms with van der Waals surface area (Å²) in [4.78, 5) is 4.10. The highest BCUT2D eigenvalue weighted by Crippen LogP contribution is 2.33. The minimum Gasteiger partial charge on any atom is -0.331 e. The maximum absolute atomic E-state index is 4.10. The van der Waals surface area contributed by atoms with Crippen molar-refractivity contribution in [1.82, 2.24) is 4.98 Å². The van der Waals surface area contributed by atoms with E-state index in [-0.39, 0.29) is 0 Å². The van der Waals surface area contributed by atoms with E-state index < -0.39 is 16.3 Å². The molecule has 0 bridgehead atoms. The van der Waals surface area contributed by atoms with Gasteiger partial charge in [-0.3, -0.25) is 0 Å². The number of allylic oxidation sites excluding steroid dienone is 4. The van der Waals surface area contributed by atoms with Crippen LogP contribution in [0.15, 0.2) is 22.5 Å². The molecule has 3 heteroatoms. The quantitative estimate of drug-likeness (QED) is 0.735. The highest BCUT2D eigenvalue weighted by molar-refractivity contribution is 6.89. The summed E-state index contributed by atoms with van der Waals surface area (Å²) in [5.74, 6) is 0. The van der Waals surface area contributed by atoms with E-state index in [1.165, 1.54) is 38.5 Å². The summed E-state index contributed by atoms with van der Waals surface area (Å²) < 4.78 is 0. The van der Waals surface area contributed by atoms with Gasteiger partial charge in [-0.15, -0.1) is 0 Å². The zero-order chi connectivity index (χ0) is 14.1. The molecule has 1 N–H and O–H groups in total. The van der Waals surface area contributed by atoms with Crippen LogP contribution in [-0.4, -0.2) is 22.4 Å². The van der Waals surface area contributed by atoms with Crippen LogP contribution in [0.25, 0.3) is 0 Å². The Balaban J connectivity index is 2.14. The molecule has 1 saturated carbocycles. The third-order valence-corrected chi connectivity index (χ3v) is 10.1. The van der Waals surface area contributed by atoms with Crippen molar-refractivity contribution in [1.29, 1.82) is 0 Å². The van der Waals surface area contributed by atoms with Gasteiger partial charge in [0.15, 0.2) is 0 Å². The van der Waals surface area contributed by atoms with Gasteiger partial charge < -0.3 is 4.98 Å². The molecule has 0 saturated heterocycles. The Morgan fingerprint density at radius 1 is 1.00 bits per heavy atom. The van der Waals surface area contributed by atoms with Gasteiger partial charge in [-0.05, 0) is 19.3 Å². The van der Waals surface area contributed by atoms with Crippen LogP contribution in [0.1, 0.15) is 38.5 Å². The Hall–Kier alpha value is -0.126. The fraction of sp³-hybridized carbons (Fsp3) is 0.750. The van der Waals surface area contributed by atoms with Crippen LogP contribution >= 0.6 is 0 Å². The first-order valence-corrected chi connectivity index (χ1v) is 14.5. The molecule has 19 heavy (non-hydrogen) atoms. The Morgan fingerprint density at radius 3 is 2.21 bits per heavy atom. The summed E-state index contributed by atoms with van der Waals surface area (Å²) in [5, 5.41) is 3.55. The molecule has 2 rings (SSSR count). The van der Waals surface area contributed by atoms with Gasteiger partial charge in [0.05, 0.1) is 8.07 Å². The molecule has 0 heterocycles. The van der Waals surface area contributed by atoms with Gasteiger partial charge in [0.1, 0.15) is 8.24 Å². The Kier molecular flexibility index (Phi) is 4.58. The summed E-state index contributed by atoms with van der Waals surface area (Å²) in [7, 11) is -2.60. The Morgan fingerprint density at radius 2 is 1.63 bits per heavy atom. The van der Waals surface area contributed by atoms with Crippen molar-refractivity contribution in [3.8, 4) is 0 Å². The van der Waals surface area contributed by atoms with Crippen molar-refractivity contribution in [3.05, 3.63) is 22.5 Å². The summed E-state index contributed by atoms with van der Waals surface area (Å²) in [5.41, 5.74) is 0. The van der Waals surface area contributed by atoms with Crippen LogP contribution in [0.2, 0.25) is 32.7 Å². The second kappa shape index (κ2) is 5.70. The van der Waals surface area contributed by atoms with Gasteiger partial charge in [0, 0.05) is 6.04 Å². The van der Waals surface area contributed by atoms with Gasteiger partial charge in [-0.2, -0.15) is 0 Å². The highest BCUT2D eigenvalue weighted by Gasteiger charge is 2.35. The monoisotopic (exact) mass is 293 g/mol. The van der Waals surface area contributed by atoms with Crippen LogP contribution in [0.4, 0.5) is 0 Å². The molecule has 2 aliphatic rings. The van der Waals surface area contributed by atoms with Crippen molar-refractivity contribution in [2.24, 2.45) is 0 Å². The molecule has 0 radical (unpaired) electrons. The van der Waals surface area contributed by atoms with Crippen molar-refractivity contribution < 1.29 is 0 Å². The number of nitrogens with one attached hydrogen (secondary N) is 1. The van der Waals surface area contributed by atoms with Crippen molar-refractivity contribution in [3.63, 3.8) is 0 Å². The lowest BCUT2D eigenvalue weighted by Crippen LogP contribution is -2.53. The molecule has 0 aromatic heterocycles. The van der Waals surface area contributed by atoms with Gasteiger partial charge in [-0.1, -0.05) is 74.5 Å². The van der Waals surface area contributed by atoms with Crippen LogP contribution in [0, 0.1) is 0 Å². The SMILES string of the molecule is C[Si](C)(C)C1=C([Si](C)(C)NC2CCCCC2)CC=C1. The first-order chi connectivity index (χ1) is 8.81. The number of hydrogen-bond donors (Lipinski definition) is 1. The van der Waals surface area contributed by atoms with Crippen molar-refractivity contribution >= 4 is 16.3 Å². The molecule has 0 spiro atoms. The molecule has 0 unspecified atom stereocenters. The maximum atomic E-state index is 4.10. The van der Waals surface area contributed by atoms with E-state index in [9.17, 15) is 0 Å². The van der Waals surface area contributed by atoms with Gasteiger partial charge in [0.2, 0.25) is 0 Å². The first-order valence-electron chi connectivity index (χ1n) is 7.99. The largest absolute Gasteiger partial charge is 0.331 e. The molecule has 0 aromatic rings. The average Bonchev–Trinajstić information content (AvgIpc) is 2.78. The Bertz CT molecular complexity index is 382. The molecule has 0 aromatic carbocycles. The van der Waals surface area contributed by atoms with E-state index in [4.69, 9.17) is 0 Å². The minimum atomic E-state index is -1.43. The minimum absolute atomic E-state index is 0.798. The zero-order valence-electron chi connectivity index (χ0n) is 13.5. The predicted molar refractivity (Wildman–Crippen MR) is 91.6 cm³/mol. The molecule has 0 amide bonds. The third-order valence-electron chi connectivity index (χ3n) is 4.66. The van der Waals surface area contributed by atoms with Crippen LogP contribution in [0.5, 0.6) is 0 Å². The number of rotatable bonds is 4. The van der Waals surface area contributed by atoms with E-state index in [0.29, 0.717) is 0 Å². The summed E-state index contributed by atoms with van der Waals surface area (Å²) in [6.45, 7) is 12.5. The molecule has 1 nitrogen and oxygen atoms in total. The molecular weight excluding hydrogens is 262 g/mol. The molecule has 0 atom stereocenters. The summed E-state index contributed by atoms with van der Waals surface area (Å²) >= 11 is 0. The van der Waals surface area contributed by atoms with Crippen LogP contribution in [-0.2, 0) is 0 Å². The van der Waals surface area contributed by atoms with E-state index in [1.54, 1.807) is 10.4 Å². The van der Waals surface area contributed by atoms with Crippen LogP contribution < -0.4 is 4.98 Å². The van der Waals surface area contributed by atoms with E-state index in [0.717, 1.165) is 6.04 Å². The lowest BCUT2D eigenvalue weighted by molar-refractivity contribution is 0.414. The fourth-order valence-electron chi connectivity index (χ4n) is 3.64. The van der Waals surface area contributed by atoms with E-state index >= 15 is 0 Å². The first kappa shape index (κ1) is 15.3. The van der Waals surface area contributed by atoms with Gasteiger partial charge in [-0.25, -0.2) is 0 Å². The molecule has 108 valence electrons. The van der Waals surface area contributed by atoms with E-state index in [2.05, 4.69) is 49.9 Å². The Labute approximate surface area is 121 Å². The average molecular weight is 294 g/mol. The third kappa shape index (κ3) is 3.70. The molecule has 1 fully saturated rings. The van der Waals surface area contributed by atoms with Crippen LogP contribution in [0.3, 0.4) is 0 Å². The summed E-state index contributed by atoms with van der Waals surface area (Å²) in [6.07, 6.45) is 13.2. The standard InChI is InChI=1S/C16H31NSi2/c1-18(2,3)15-12-9-13-16(15)19(4,5)17-14-10-7-6-8-11-14/h9,12,14,17H,6-8,10-11,13H2,1-5H3. The molecule has 2 aliphatic carbocycles. The van der Waals surface area contributed by atoms with Crippen molar-refractivity contribution in [2.75, 3.05) is 0 Å². The molecule has 0 aliphatic heterocycles. The summed E-state index contributed by atoms with van der Waals surface area (Å²) in [6, 6.07) is 0.798. The fourth-order valence-corrected chi connectivity index (χ4v) is 10.2. The highest BCUT2D eigenvalue weighted by atomic mass is 28.3. The van der Waals surface area contributed by atoms with Gasteiger partial charge >= 0.3 is 0 Å². The maximum Gasteiger partial charge on any atom is 0.147 e. The predicted octanol–water partition coefficient (Wildman–Crippen LogP) is 4.79. The topological polar surface area (TPSA) is 12.0 Å². The molecular formula is C16H31NSi2. The lowest BCUT2D eigenvalue weighted by atomic mass is 9.96. The normalized spacial score (nSPS) is 22.4. The second-order valence-electron chi connectivity index (χ2n) is 7.85. The smallest absolute Gasteiger partial charge is 0.147 e. The van der Waals surface area contributed by atoms with Gasteiger partial charge in [0.25, 0.3) is 0 Å². The number of hydrogen-bond acceptors (Lipinski definition) is 1. The van der Waals surface area contributed by atoms with E-state index in [1.807, 2.05) is 0 Å².